The highest BCUT2D eigenvalue weighted by molar-refractivity contribution is 5.32. The number of benzene rings is 2. The largest absolute Gasteiger partial charge is 0.282 e. The van der Waals surface area contributed by atoms with E-state index in [0.29, 0.717) is 6.54 Å². The highest BCUT2D eigenvalue weighted by atomic mass is 19.1. The van der Waals surface area contributed by atoms with Crippen molar-refractivity contribution in [2.45, 2.75) is 6.04 Å². The van der Waals surface area contributed by atoms with Crippen molar-refractivity contribution in [3.05, 3.63) is 71.5 Å². The maximum Gasteiger partial charge on any atom is 0.123 e. The van der Waals surface area contributed by atoms with Gasteiger partial charge in [0.05, 0.1) is 18.7 Å². The molecule has 96 valence electrons. The normalized spacial score (nSPS) is 12.1. The first-order valence-corrected chi connectivity index (χ1v) is 6.10. The van der Waals surface area contributed by atoms with E-state index in [1.54, 1.807) is 12.1 Å². The lowest BCUT2D eigenvalue weighted by molar-refractivity contribution is 0.312. The van der Waals surface area contributed by atoms with Crippen LogP contribution in [0.2, 0.25) is 0 Å². The van der Waals surface area contributed by atoms with Gasteiger partial charge in [-0.05, 0) is 30.3 Å². The van der Waals surface area contributed by atoms with Gasteiger partial charge in [-0.25, -0.2) is 4.39 Å². The number of hydrogen-bond donors (Lipinski definition) is 0. The minimum Gasteiger partial charge on any atom is -0.282 e. The second-order valence-corrected chi connectivity index (χ2v) is 4.44. The first kappa shape index (κ1) is 13.3. The molecule has 0 aliphatic heterocycles. The number of hydrogen-bond acceptors (Lipinski definition) is 2. The van der Waals surface area contributed by atoms with Gasteiger partial charge in [0.25, 0.3) is 0 Å². The Morgan fingerprint density at radius 3 is 2.21 bits per heavy atom. The number of nitriles is 1. The fourth-order valence-electron chi connectivity index (χ4n) is 2.18. The zero-order valence-corrected chi connectivity index (χ0v) is 10.8. The van der Waals surface area contributed by atoms with E-state index in [-0.39, 0.29) is 11.9 Å². The van der Waals surface area contributed by atoms with E-state index in [2.05, 4.69) is 6.07 Å². The van der Waals surface area contributed by atoms with Crippen LogP contribution in [0.25, 0.3) is 0 Å². The summed E-state index contributed by atoms with van der Waals surface area (Å²) >= 11 is 0. The molecular weight excluding hydrogens is 239 g/mol. The van der Waals surface area contributed by atoms with Crippen molar-refractivity contribution in [3.8, 4) is 6.07 Å². The summed E-state index contributed by atoms with van der Waals surface area (Å²) in [7, 11) is 1.89. The third-order valence-corrected chi connectivity index (χ3v) is 3.06. The predicted octanol–water partition coefficient (Wildman–Crippen LogP) is 3.37. The van der Waals surface area contributed by atoms with Crippen LogP contribution in [-0.2, 0) is 0 Å². The van der Waals surface area contributed by atoms with E-state index in [0.717, 1.165) is 11.1 Å². The first-order chi connectivity index (χ1) is 9.22. The standard InChI is InChI=1S/C16H15FN2/c1-19(12-11-18)16(13-5-3-2-4-6-13)14-7-9-15(17)10-8-14/h2-10,16H,12H2,1H3/t16-/m1/s1. The molecule has 0 aliphatic carbocycles. The zero-order chi connectivity index (χ0) is 13.7. The van der Waals surface area contributed by atoms with Crippen molar-refractivity contribution in [2.24, 2.45) is 0 Å². The Hall–Kier alpha value is -2.18. The van der Waals surface area contributed by atoms with Crippen molar-refractivity contribution >= 4 is 0 Å². The summed E-state index contributed by atoms with van der Waals surface area (Å²) in [5.74, 6) is -0.251. The minimum absolute atomic E-state index is 0.0403. The maximum absolute atomic E-state index is 13.0. The van der Waals surface area contributed by atoms with Gasteiger partial charge >= 0.3 is 0 Å². The van der Waals surface area contributed by atoms with Crippen LogP contribution in [0.1, 0.15) is 17.2 Å². The molecule has 0 aromatic heterocycles. The van der Waals surface area contributed by atoms with Crippen molar-refractivity contribution in [2.75, 3.05) is 13.6 Å². The Balaban J connectivity index is 2.40. The molecule has 2 nitrogen and oxygen atoms in total. The second kappa shape index (κ2) is 6.12. The predicted molar refractivity (Wildman–Crippen MR) is 72.9 cm³/mol. The third-order valence-electron chi connectivity index (χ3n) is 3.06. The average molecular weight is 254 g/mol. The fraction of sp³-hybridized carbons (Fsp3) is 0.188. The van der Waals surface area contributed by atoms with Crippen LogP contribution >= 0.6 is 0 Å². The Morgan fingerprint density at radius 1 is 1.05 bits per heavy atom. The molecule has 3 heteroatoms. The van der Waals surface area contributed by atoms with Crippen molar-refractivity contribution in [1.82, 2.24) is 4.90 Å². The molecule has 2 rings (SSSR count). The SMILES string of the molecule is CN(CC#N)[C@H](c1ccccc1)c1ccc(F)cc1. The van der Waals surface area contributed by atoms with E-state index in [9.17, 15) is 4.39 Å². The van der Waals surface area contributed by atoms with Crippen LogP contribution in [0.3, 0.4) is 0 Å². The van der Waals surface area contributed by atoms with E-state index >= 15 is 0 Å². The van der Waals surface area contributed by atoms with Crippen molar-refractivity contribution in [3.63, 3.8) is 0 Å². The van der Waals surface area contributed by atoms with Gasteiger partial charge in [-0.15, -0.1) is 0 Å². The summed E-state index contributed by atoms with van der Waals surface area (Å²) in [5.41, 5.74) is 2.07. The lowest BCUT2D eigenvalue weighted by atomic mass is 9.97. The summed E-state index contributed by atoms with van der Waals surface area (Å²) in [6.07, 6.45) is 0. The second-order valence-electron chi connectivity index (χ2n) is 4.44. The Labute approximate surface area is 112 Å². The number of rotatable bonds is 4. The highest BCUT2D eigenvalue weighted by Gasteiger charge is 2.18. The molecule has 0 amide bonds. The summed E-state index contributed by atoms with van der Waals surface area (Å²) in [6.45, 7) is 0.316. The highest BCUT2D eigenvalue weighted by Crippen LogP contribution is 2.27. The molecule has 2 aromatic rings. The van der Waals surface area contributed by atoms with Gasteiger partial charge in [0, 0.05) is 0 Å². The van der Waals surface area contributed by atoms with Crippen molar-refractivity contribution < 1.29 is 4.39 Å². The van der Waals surface area contributed by atoms with Gasteiger partial charge in [0.2, 0.25) is 0 Å². The molecule has 0 aliphatic rings. The molecule has 19 heavy (non-hydrogen) atoms. The van der Waals surface area contributed by atoms with E-state index < -0.39 is 0 Å². The summed E-state index contributed by atoms with van der Waals surface area (Å²) in [5, 5.41) is 8.87. The van der Waals surface area contributed by atoms with Gasteiger partial charge in [-0.1, -0.05) is 42.5 Å². The number of nitrogens with zero attached hydrogens (tertiary/aromatic N) is 2. The first-order valence-electron chi connectivity index (χ1n) is 6.10. The van der Waals surface area contributed by atoms with Crippen LogP contribution in [0.5, 0.6) is 0 Å². The topological polar surface area (TPSA) is 27.0 Å². The molecule has 0 saturated heterocycles. The summed E-state index contributed by atoms with van der Waals surface area (Å²) in [4.78, 5) is 1.95. The zero-order valence-electron chi connectivity index (χ0n) is 10.8. The van der Waals surface area contributed by atoms with Crippen LogP contribution < -0.4 is 0 Å². The maximum atomic E-state index is 13.0. The molecule has 0 radical (unpaired) electrons. The molecule has 0 bridgehead atoms. The van der Waals surface area contributed by atoms with Crippen LogP contribution in [0, 0.1) is 17.1 Å². The molecule has 1 atom stereocenters. The molecule has 0 N–H and O–H groups in total. The Morgan fingerprint density at radius 2 is 1.63 bits per heavy atom. The summed E-state index contributed by atoms with van der Waals surface area (Å²) in [6, 6.07) is 18.5. The Kier molecular flexibility index (Phi) is 4.27. The smallest absolute Gasteiger partial charge is 0.123 e. The quantitative estimate of drug-likeness (QED) is 0.782. The molecule has 0 saturated carbocycles. The van der Waals surface area contributed by atoms with Gasteiger partial charge in [0.15, 0.2) is 0 Å². The molecule has 0 spiro atoms. The average Bonchev–Trinajstić information content (AvgIpc) is 2.43. The summed E-state index contributed by atoms with van der Waals surface area (Å²) < 4.78 is 13.0. The van der Waals surface area contributed by atoms with Gasteiger partial charge < -0.3 is 0 Å². The lowest BCUT2D eigenvalue weighted by Crippen LogP contribution is -2.25. The number of halogens is 1. The van der Waals surface area contributed by atoms with E-state index in [1.807, 2.05) is 42.3 Å². The molecule has 2 aromatic carbocycles. The molecule has 0 unspecified atom stereocenters. The van der Waals surface area contributed by atoms with Crippen LogP contribution in [-0.4, -0.2) is 18.5 Å². The lowest BCUT2D eigenvalue weighted by Gasteiger charge is -2.26. The molecule has 0 heterocycles. The third kappa shape index (κ3) is 3.18. The van der Waals surface area contributed by atoms with Gasteiger partial charge in [-0.2, -0.15) is 5.26 Å². The minimum atomic E-state index is -0.251. The van der Waals surface area contributed by atoms with Crippen molar-refractivity contribution in [1.29, 1.82) is 5.26 Å². The van der Waals surface area contributed by atoms with Crippen LogP contribution in [0.15, 0.2) is 54.6 Å². The monoisotopic (exact) mass is 254 g/mol. The van der Waals surface area contributed by atoms with Crippen LogP contribution in [0.4, 0.5) is 4.39 Å². The molecular formula is C16H15FN2. The van der Waals surface area contributed by atoms with E-state index in [1.165, 1.54) is 12.1 Å². The van der Waals surface area contributed by atoms with Gasteiger partial charge in [-0.3, -0.25) is 4.90 Å². The Bertz CT molecular complexity index is 558. The van der Waals surface area contributed by atoms with E-state index in [4.69, 9.17) is 5.26 Å². The fourth-order valence-corrected chi connectivity index (χ4v) is 2.18. The van der Waals surface area contributed by atoms with Gasteiger partial charge in [0.1, 0.15) is 5.82 Å². The molecule has 0 fully saturated rings.